The molecule has 1 N–H and O–H groups in total. The predicted octanol–water partition coefficient (Wildman–Crippen LogP) is 7.10. The van der Waals surface area contributed by atoms with Crippen LogP contribution >= 0.6 is 0 Å². The lowest BCUT2D eigenvalue weighted by Crippen LogP contribution is -2.25. The Morgan fingerprint density at radius 2 is 1.76 bits per heavy atom. The van der Waals surface area contributed by atoms with E-state index in [0.717, 1.165) is 71.1 Å². The molecule has 2 aromatic carbocycles. The first-order valence-electron chi connectivity index (χ1n) is 12.3. The largest absolute Gasteiger partial charge is 0.340 e. The molecule has 0 spiro atoms. The van der Waals surface area contributed by atoms with E-state index in [9.17, 15) is 0 Å². The van der Waals surface area contributed by atoms with Crippen LogP contribution in [0.2, 0.25) is 0 Å². The van der Waals surface area contributed by atoms with Gasteiger partial charge in [0.1, 0.15) is 11.6 Å². The van der Waals surface area contributed by atoms with Crippen LogP contribution in [0.15, 0.2) is 60.8 Å². The molecule has 0 aliphatic rings. The number of nitrogens with zero attached hydrogens (tertiary/aromatic N) is 4. The molecule has 0 amide bonds. The molecule has 0 fully saturated rings. The number of rotatable bonds is 9. The van der Waals surface area contributed by atoms with Crippen molar-refractivity contribution < 1.29 is 0 Å². The molecule has 0 bridgehead atoms. The molecule has 0 saturated carbocycles. The van der Waals surface area contributed by atoms with Gasteiger partial charge in [-0.3, -0.25) is 9.88 Å². The first-order chi connectivity index (χ1) is 16.5. The summed E-state index contributed by atoms with van der Waals surface area (Å²) in [6, 6.07) is 19.0. The minimum absolute atomic E-state index is 0.507. The molecule has 4 aromatic rings. The van der Waals surface area contributed by atoms with Crippen LogP contribution in [0.4, 0.5) is 11.5 Å². The van der Waals surface area contributed by atoms with E-state index < -0.39 is 0 Å². The number of pyridine rings is 1. The maximum atomic E-state index is 4.98. The van der Waals surface area contributed by atoms with Crippen molar-refractivity contribution in [2.45, 2.75) is 53.5 Å². The smallest absolute Gasteiger partial charge is 0.145 e. The molecule has 0 radical (unpaired) electrons. The van der Waals surface area contributed by atoms with Crippen molar-refractivity contribution in [3.8, 4) is 11.3 Å². The first-order valence-corrected chi connectivity index (χ1v) is 12.3. The lowest BCUT2D eigenvalue weighted by molar-refractivity contribution is 0.274. The number of hydrogen-bond donors (Lipinski definition) is 1. The van der Waals surface area contributed by atoms with Crippen LogP contribution in [-0.2, 0) is 6.54 Å². The number of fused-ring (bicyclic) bond motifs is 1. The van der Waals surface area contributed by atoms with Gasteiger partial charge < -0.3 is 5.32 Å². The Balaban J connectivity index is 1.77. The van der Waals surface area contributed by atoms with E-state index in [1.54, 1.807) is 0 Å². The van der Waals surface area contributed by atoms with Gasteiger partial charge in [-0.1, -0.05) is 52.0 Å². The number of aromatic nitrogens is 3. The number of benzene rings is 2. The van der Waals surface area contributed by atoms with Gasteiger partial charge in [-0.15, -0.1) is 0 Å². The summed E-state index contributed by atoms with van der Waals surface area (Å²) >= 11 is 0. The summed E-state index contributed by atoms with van der Waals surface area (Å²) in [6.45, 7) is 13.6. The standard InChI is InChI=1S/C29H35N5/c1-6-17-34(7-2)19-27-32-26-18-23(28-21(5)9-8-16-30-28)12-15-25(26)29(33-27)31-24-13-10-22(11-14-24)20(3)4/h8-16,18,20H,6-7,17,19H2,1-5H3,(H,31,32,33). The second-order valence-electron chi connectivity index (χ2n) is 9.16. The number of anilines is 2. The second-order valence-corrected chi connectivity index (χ2v) is 9.16. The Hall–Kier alpha value is -3.31. The van der Waals surface area contributed by atoms with Crippen LogP contribution in [0.5, 0.6) is 0 Å². The fourth-order valence-electron chi connectivity index (χ4n) is 4.23. The summed E-state index contributed by atoms with van der Waals surface area (Å²) in [5.41, 5.74) is 6.50. The number of aryl methyl sites for hydroxylation is 1. The van der Waals surface area contributed by atoms with E-state index >= 15 is 0 Å². The van der Waals surface area contributed by atoms with E-state index in [1.807, 2.05) is 12.3 Å². The van der Waals surface area contributed by atoms with E-state index in [4.69, 9.17) is 9.97 Å². The molecular formula is C29H35N5. The molecule has 4 rings (SSSR count). The fourth-order valence-corrected chi connectivity index (χ4v) is 4.23. The van der Waals surface area contributed by atoms with Crippen LogP contribution in [0, 0.1) is 6.92 Å². The molecule has 0 saturated heterocycles. The quantitative estimate of drug-likeness (QED) is 0.293. The highest BCUT2D eigenvalue weighted by Gasteiger charge is 2.13. The van der Waals surface area contributed by atoms with Crippen LogP contribution < -0.4 is 5.32 Å². The maximum Gasteiger partial charge on any atom is 0.145 e. The summed E-state index contributed by atoms with van der Waals surface area (Å²) in [4.78, 5) is 16.9. The van der Waals surface area contributed by atoms with Crippen molar-refractivity contribution in [1.82, 2.24) is 19.9 Å². The summed E-state index contributed by atoms with van der Waals surface area (Å²) in [7, 11) is 0. The fraction of sp³-hybridized carbons (Fsp3) is 0.345. The zero-order valence-electron chi connectivity index (χ0n) is 21.0. The molecule has 0 aliphatic carbocycles. The zero-order chi connectivity index (χ0) is 24.1. The topological polar surface area (TPSA) is 53.9 Å². The highest BCUT2D eigenvalue weighted by Crippen LogP contribution is 2.30. The lowest BCUT2D eigenvalue weighted by Gasteiger charge is -2.19. The molecule has 176 valence electrons. The number of nitrogens with one attached hydrogen (secondary N) is 1. The van der Waals surface area contributed by atoms with Crippen LogP contribution in [0.1, 0.15) is 57.0 Å². The molecule has 5 heteroatoms. The van der Waals surface area contributed by atoms with Gasteiger partial charge in [0.25, 0.3) is 0 Å². The Morgan fingerprint density at radius 3 is 2.44 bits per heavy atom. The van der Waals surface area contributed by atoms with E-state index in [-0.39, 0.29) is 0 Å². The summed E-state index contributed by atoms with van der Waals surface area (Å²) < 4.78 is 0. The second kappa shape index (κ2) is 10.7. The van der Waals surface area contributed by atoms with Crippen molar-refractivity contribution >= 4 is 22.4 Å². The van der Waals surface area contributed by atoms with Gasteiger partial charge >= 0.3 is 0 Å². The third-order valence-corrected chi connectivity index (χ3v) is 6.22. The highest BCUT2D eigenvalue weighted by atomic mass is 15.1. The van der Waals surface area contributed by atoms with Crippen molar-refractivity contribution in [3.63, 3.8) is 0 Å². The zero-order valence-corrected chi connectivity index (χ0v) is 21.0. The minimum atomic E-state index is 0.507. The molecule has 5 nitrogen and oxygen atoms in total. The molecule has 2 aromatic heterocycles. The van der Waals surface area contributed by atoms with Crippen molar-refractivity contribution in [3.05, 3.63) is 77.7 Å². The molecule has 0 atom stereocenters. The highest BCUT2D eigenvalue weighted by molar-refractivity contribution is 5.93. The SMILES string of the molecule is CCCN(CC)Cc1nc(Nc2ccc(C(C)C)cc2)c2ccc(-c3ncccc3C)cc2n1. The average molecular weight is 454 g/mol. The summed E-state index contributed by atoms with van der Waals surface area (Å²) in [6.07, 6.45) is 2.95. The normalized spacial score (nSPS) is 11.5. The van der Waals surface area contributed by atoms with Crippen LogP contribution in [-0.4, -0.2) is 32.9 Å². The van der Waals surface area contributed by atoms with Gasteiger partial charge in [0.05, 0.1) is 17.8 Å². The molecular weight excluding hydrogens is 418 g/mol. The maximum absolute atomic E-state index is 4.98. The van der Waals surface area contributed by atoms with Gasteiger partial charge in [-0.2, -0.15) is 0 Å². The van der Waals surface area contributed by atoms with E-state index in [1.165, 1.54) is 5.56 Å². The van der Waals surface area contributed by atoms with Crippen LogP contribution in [0.3, 0.4) is 0 Å². The van der Waals surface area contributed by atoms with Crippen molar-refractivity contribution in [1.29, 1.82) is 0 Å². The van der Waals surface area contributed by atoms with Crippen LogP contribution in [0.25, 0.3) is 22.2 Å². The van der Waals surface area contributed by atoms with E-state index in [2.05, 4.69) is 98.4 Å². The van der Waals surface area contributed by atoms with Gasteiger partial charge in [-0.25, -0.2) is 9.97 Å². The van der Waals surface area contributed by atoms with Crippen molar-refractivity contribution in [2.24, 2.45) is 0 Å². The molecule has 34 heavy (non-hydrogen) atoms. The Labute approximate surface area is 203 Å². The van der Waals surface area contributed by atoms with Gasteiger partial charge in [0.15, 0.2) is 0 Å². The first kappa shape index (κ1) is 23.8. The van der Waals surface area contributed by atoms with Gasteiger partial charge in [0.2, 0.25) is 0 Å². The van der Waals surface area contributed by atoms with Gasteiger partial charge in [0, 0.05) is 22.8 Å². The summed E-state index contributed by atoms with van der Waals surface area (Å²) in [5, 5.41) is 4.57. The van der Waals surface area contributed by atoms with Gasteiger partial charge in [-0.05, 0) is 73.8 Å². The number of hydrogen-bond acceptors (Lipinski definition) is 5. The monoisotopic (exact) mass is 453 g/mol. The minimum Gasteiger partial charge on any atom is -0.340 e. The molecule has 0 aliphatic heterocycles. The lowest BCUT2D eigenvalue weighted by atomic mass is 10.0. The molecule has 2 heterocycles. The Bertz CT molecular complexity index is 1250. The van der Waals surface area contributed by atoms with Crippen molar-refractivity contribution in [2.75, 3.05) is 18.4 Å². The Morgan fingerprint density at radius 1 is 0.971 bits per heavy atom. The predicted molar refractivity (Wildman–Crippen MR) is 143 cm³/mol. The third kappa shape index (κ3) is 5.42. The van der Waals surface area contributed by atoms with E-state index in [0.29, 0.717) is 5.92 Å². The average Bonchev–Trinajstić information content (AvgIpc) is 2.84. The molecule has 0 unspecified atom stereocenters. The summed E-state index contributed by atoms with van der Waals surface area (Å²) in [5.74, 6) is 2.18. The Kier molecular flexibility index (Phi) is 7.53. The third-order valence-electron chi connectivity index (χ3n) is 6.22.